The number of anilines is 2. The van der Waals surface area contributed by atoms with Gasteiger partial charge >= 0.3 is 0 Å². The molecule has 0 unspecified atom stereocenters. The van der Waals surface area contributed by atoms with Gasteiger partial charge in [-0.25, -0.2) is 4.52 Å². The number of hydrogen-bond donors (Lipinski definition) is 2. The van der Waals surface area contributed by atoms with Gasteiger partial charge in [0.2, 0.25) is 5.91 Å². The zero-order chi connectivity index (χ0) is 24.9. The van der Waals surface area contributed by atoms with Crippen molar-refractivity contribution in [3.63, 3.8) is 0 Å². The van der Waals surface area contributed by atoms with E-state index in [0.29, 0.717) is 34.0 Å². The Labute approximate surface area is 210 Å². The van der Waals surface area contributed by atoms with E-state index in [2.05, 4.69) is 27.7 Å². The first-order valence-corrected chi connectivity index (χ1v) is 12.1. The molecule has 2 N–H and O–H groups in total. The van der Waals surface area contributed by atoms with Gasteiger partial charge in [-0.3, -0.25) is 9.59 Å². The standard InChI is InChI=1S/C26H31ClN6O2/c1-31(2)12-6-9-25(34)29-23-17-33-24(15-19(23)18-10-13-32(3)14-11-18)20(16-28-33)26(35)30-22-8-5-4-7-21(22)27/h4-9,15-18H,10-14H2,1-3H3,(H,29,34)(H,30,35)/b9-6+. The number of hydrogen-bond acceptors (Lipinski definition) is 5. The molecule has 1 fully saturated rings. The number of likely N-dealkylation sites (N-methyl/N-ethyl adjacent to an activating group) is 1. The molecule has 3 heterocycles. The number of pyridine rings is 1. The van der Waals surface area contributed by atoms with Crippen LogP contribution in [0.4, 0.5) is 11.4 Å². The third kappa shape index (κ3) is 6.08. The minimum atomic E-state index is -0.286. The number of para-hydroxylation sites is 1. The third-order valence-electron chi connectivity index (χ3n) is 6.21. The van der Waals surface area contributed by atoms with Crippen LogP contribution < -0.4 is 10.6 Å². The fourth-order valence-corrected chi connectivity index (χ4v) is 4.46. The van der Waals surface area contributed by atoms with Gasteiger partial charge in [0.15, 0.2) is 0 Å². The first kappa shape index (κ1) is 24.9. The van der Waals surface area contributed by atoms with E-state index < -0.39 is 0 Å². The highest BCUT2D eigenvalue weighted by atomic mass is 35.5. The Morgan fingerprint density at radius 3 is 2.63 bits per heavy atom. The molecule has 8 nitrogen and oxygen atoms in total. The fraction of sp³-hybridized carbons (Fsp3) is 0.346. The van der Waals surface area contributed by atoms with E-state index in [0.717, 1.165) is 31.5 Å². The van der Waals surface area contributed by atoms with Gasteiger partial charge < -0.3 is 20.4 Å². The van der Waals surface area contributed by atoms with Crippen molar-refractivity contribution in [2.75, 3.05) is 51.4 Å². The number of fused-ring (bicyclic) bond motifs is 1. The Bertz CT molecular complexity index is 1240. The lowest BCUT2D eigenvalue weighted by Crippen LogP contribution is -2.29. The lowest BCUT2D eigenvalue weighted by molar-refractivity contribution is -0.111. The second kappa shape index (κ2) is 11.0. The number of carbonyl (C=O) groups is 2. The van der Waals surface area contributed by atoms with Gasteiger partial charge in [-0.15, -0.1) is 0 Å². The summed E-state index contributed by atoms with van der Waals surface area (Å²) in [4.78, 5) is 30.0. The van der Waals surface area contributed by atoms with Gasteiger partial charge in [0.25, 0.3) is 5.91 Å². The number of rotatable bonds is 7. The number of nitrogens with zero attached hydrogens (tertiary/aromatic N) is 4. The van der Waals surface area contributed by atoms with Crippen LogP contribution in [0.5, 0.6) is 0 Å². The summed E-state index contributed by atoms with van der Waals surface area (Å²) >= 11 is 6.22. The average molecular weight is 495 g/mol. The maximum atomic E-state index is 13.1. The van der Waals surface area contributed by atoms with Crippen LogP contribution in [0.1, 0.15) is 34.7 Å². The summed E-state index contributed by atoms with van der Waals surface area (Å²) in [5.74, 6) is -0.207. The quantitative estimate of drug-likeness (QED) is 0.483. The van der Waals surface area contributed by atoms with Crippen molar-refractivity contribution in [1.82, 2.24) is 19.4 Å². The van der Waals surface area contributed by atoms with Gasteiger partial charge in [0.05, 0.1) is 39.9 Å². The summed E-state index contributed by atoms with van der Waals surface area (Å²) < 4.78 is 1.64. The molecule has 0 spiro atoms. The van der Waals surface area contributed by atoms with E-state index in [1.54, 1.807) is 35.1 Å². The molecule has 0 aliphatic carbocycles. The largest absolute Gasteiger partial charge is 0.321 e. The summed E-state index contributed by atoms with van der Waals surface area (Å²) in [5.41, 5.74) is 3.41. The van der Waals surface area contributed by atoms with Crippen LogP contribution >= 0.6 is 11.6 Å². The number of benzene rings is 1. The molecule has 2 amide bonds. The zero-order valence-corrected chi connectivity index (χ0v) is 21.0. The molecule has 1 aromatic carbocycles. The van der Waals surface area contributed by atoms with Crippen molar-refractivity contribution in [3.8, 4) is 0 Å². The molecule has 35 heavy (non-hydrogen) atoms. The van der Waals surface area contributed by atoms with Crippen LogP contribution in [0.2, 0.25) is 5.02 Å². The molecule has 0 atom stereocenters. The minimum absolute atomic E-state index is 0.191. The molecule has 3 aromatic rings. The Balaban J connectivity index is 1.66. The predicted octanol–water partition coefficient (Wildman–Crippen LogP) is 4.11. The Morgan fingerprint density at radius 2 is 1.91 bits per heavy atom. The molecule has 0 radical (unpaired) electrons. The third-order valence-corrected chi connectivity index (χ3v) is 6.54. The molecule has 0 bridgehead atoms. The molecule has 2 aromatic heterocycles. The van der Waals surface area contributed by atoms with E-state index >= 15 is 0 Å². The normalized spacial score (nSPS) is 15.2. The van der Waals surface area contributed by atoms with Crippen molar-refractivity contribution >= 4 is 40.3 Å². The number of nitrogens with one attached hydrogen (secondary N) is 2. The zero-order valence-electron chi connectivity index (χ0n) is 20.3. The first-order valence-electron chi connectivity index (χ1n) is 11.7. The highest BCUT2D eigenvalue weighted by molar-refractivity contribution is 6.34. The Morgan fingerprint density at radius 1 is 1.17 bits per heavy atom. The summed E-state index contributed by atoms with van der Waals surface area (Å²) in [6, 6.07) is 9.11. The molecule has 9 heteroatoms. The monoisotopic (exact) mass is 494 g/mol. The SMILES string of the molecule is CN(C)C/C=C/C(=O)Nc1cn2ncc(C(=O)Nc3ccccc3Cl)c2cc1C1CCN(C)CC1. The second-order valence-electron chi connectivity index (χ2n) is 9.20. The highest BCUT2D eigenvalue weighted by Gasteiger charge is 2.24. The second-order valence-corrected chi connectivity index (χ2v) is 9.60. The number of halogens is 1. The topological polar surface area (TPSA) is 82.0 Å². The summed E-state index contributed by atoms with van der Waals surface area (Å²) in [5, 5.41) is 10.8. The van der Waals surface area contributed by atoms with E-state index in [1.807, 2.05) is 43.3 Å². The Kier molecular flexibility index (Phi) is 7.85. The van der Waals surface area contributed by atoms with Crippen molar-refractivity contribution in [3.05, 3.63) is 71.0 Å². The lowest BCUT2D eigenvalue weighted by atomic mass is 9.88. The average Bonchev–Trinajstić information content (AvgIpc) is 3.23. The fourth-order valence-electron chi connectivity index (χ4n) is 4.27. The van der Waals surface area contributed by atoms with E-state index in [1.165, 1.54) is 0 Å². The van der Waals surface area contributed by atoms with E-state index in [9.17, 15) is 9.59 Å². The van der Waals surface area contributed by atoms with Gasteiger partial charge in [-0.1, -0.05) is 29.8 Å². The molecule has 0 saturated carbocycles. The molecular weight excluding hydrogens is 464 g/mol. The highest BCUT2D eigenvalue weighted by Crippen LogP contribution is 2.34. The number of piperidine rings is 1. The summed E-state index contributed by atoms with van der Waals surface area (Å²) in [7, 11) is 6.02. The van der Waals surface area contributed by atoms with E-state index in [4.69, 9.17) is 11.6 Å². The number of carbonyl (C=O) groups excluding carboxylic acids is 2. The van der Waals surface area contributed by atoms with Crippen LogP contribution in [0.15, 0.2) is 54.9 Å². The molecular formula is C26H31ClN6O2. The lowest BCUT2D eigenvalue weighted by Gasteiger charge is -2.30. The van der Waals surface area contributed by atoms with Gasteiger partial charge in [0, 0.05) is 12.6 Å². The van der Waals surface area contributed by atoms with Crippen molar-refractivity contribution in [1.29, 1.82) is 0 Å². The van der Waals surface area contributed by atoms with Crippen LogP contribution in [0.3, 0.4) is 0 Å². The predicted molar refractivity (Wildman–Crippen MR) is 140 cm³/mol. The molecule has 1 aliphatic heterocycles. The van der Waals surface area contributed by atoms with Crippen molar-refractivity contribution in [2.45, 2.75) is 18.8 Å². The molecule has 184 valence electrons. The molecule has 4 rings (SSSR count). The number of aromatic nitrogens is 2. The van der Waals surface area contributed by atoms with Crippen LogP contribution in [0.25, 0.3) is 5.52 Å². The Hall–Kier alpha value is -3.20. The molecule has 1 saturated heterocycles. The van der Waals surface area contributed by atoms with Crippen molar-refractivity contribution < 1.29 is 9.59 Å². The van der Waals surface area contributed by atoms with Gasteiger partial charge in [-0.2, -0.15) is 5.10 Å². The number of likely N-dealkylation sites (tertiary alicyclic amines) is 1. The minimum Gasteiger partial charge on any atom is -0.321 e. The first-order chi connectivity index (χ1) is 16.8. The van der Waals surface area contributed by atoms with Crippen molar-refractivity contribution in [2.24, 2.45) is 0 Å². The summed E-state index contributed by atoms with van der Waals surface area (Å²) in [6.45, 7) is 2.63. The smallest absolute Gasteiger partial charge is 0.259 e. The van der Waals surface area contributed by atoms with Crippen LogP contribution in [-0.4, -0.2) is 72.0 Å². The van der Waals surface area contributed by atoms with Crippen LogP contribution in [0, 0.1) is 0 Å². The van der Waals surface area contributed by atoms with Crippen LogP contribution in [-0.2, 0) is 4.79 Å². The maximum Gasteiger partial charge on any atom is 0.259 e. The molecule has 1 aliphatic rings. The summed E-state index contributed by atoms with van der Waals surface area (Å²) in [6.07, 6.45) is 8.67. The van der Waals surface area contributed by atoms with Gasteiger partial charge in [-0.05, 0) is 76.8 Å². The van der Waals surface area contributed by atoms with Gasteiger partial charge in [0.1, 0.15) is 0 Å². The number of amides is 2. The maximum absolute atomic E-state index is 13.1. The van der Waals surface area contributed by atoms with E-state index in [-0.39, 0.29) is 17.7 Å².